The summed E-state index contributed by atoms with van der Waals surface area (Å²) < 4.78 is 19.0. The molecule has 21 heavy (non-hydrogen) atoms. The summed E-state index contributed by atoms with van der Waals surface area (Å²) in [7, 11) is 0. The van der Waals surface area contributed by atoms with E-state index in [0.29, 0.717) is 26.0 Å². The highest BCUT2D eigenvalue weighted by Crippen LogP contribution is 2.24. The minimum Gasteiger partial charge on any atom is -0.368 e. The number of para-hydroxylation sites is 1. The maximum Gasteiger partial charge on any atom is 0.249 e. The molecule has 1 N–H and O–H groups in total. The van der Waals surface area contributed by atoms with Crippen LogP contribution >= 0.6 is 0 Å². The lowest BCUT2D eigenvalue weighted by Crippen LogP contribution is -2.45. The van der Waals surface area contributed by atoms with Gasteiger partial charge in [-0.3, -0.25) is 9.59 Å². The molecule has 0 bridgehead atoms. The largest absolute Gasteiger partial charge is 0.368 e. The van der Waals surface area contributed by atoms with Crippen LogP contribution in [-0.2, 0) is 14.3 Å². The fraction of sp³-hybridized carbons (Fsp3) is 0.467. The Morgan fingerprint density at radius 3 is 2.86 bits per heavy atom. The average molecular weight is 292 g/mol. The van der Waals surface area contributed by atoms with Gasteiger partial charge in [-0.05, 0) is 31.4 Å². The highest BCUT2D eigenvalue weighted by Gasteiger charge is 2.36. The summed E-state index contributed by atoms with van der Waals surface area (Å²) in [6.45, 7) is 0.980. The van der Waals surface area contributed by atoms with Crippen molar-refractivity contribution >= 4 is 17.5 Å². The number of benzene rings is 1. The number of hydrogen-bond donors (Lipinski definition) is 1. The minimum absolute atomic E-state index is 0.249. The molecule has 2 saturated heterocycles. The molecule has 2 fully saturated rings. The van der Waals surface area contributed by atoms with Crippen molar-refractivity contribution in [3.05, 3.63) is 30.1 Å². The Labute approximate surface area is 122 Å². The van der Waals surface area contributed by atoms with Gasteiger partial charge in [-0.15, -0.1) is 0 Å². The van der Waals surface area contributed by atoms with Crippen molar-refractivity contribution in [3.63, 3.8) is 0 Å². The lowest BCUT2D eigenvalue weighted by Gasteiger charge is -2.18. The van der Waals surface area contributed by atoms with Crippen LogP contribution in [0, 0.1) is 5.82 Å². The molecular formula is C15H17FN2O3. The van der Waals surface area contributed by atoms with Gasteiger partial charge in [-0.1, -0.05) is 12.1 Å². The van der Waals surface area contributed by atoms with Gasteiger partial charge >= 0.3 is 0 Å². The first-order valence-electron chi connectivity index (χ1n) is 7.14. The third kappa shape index (κ3) is 2.76. The first-order valence-corrected chi connectivity index (χ1v) is 7.14. The third-order valence-corrected chi connectivity index (χ3v) is 3.89. The predicted octanol–water partition coefficient (Wildman–Crippen LogP) is 1.23. The number of nitrogens with zero attached hydrogens (tertiary/aromatic N) is 1. The number of hydrogen-bond acceptors (Lipinski definition) is 3. The third-order valence-electron chi connectivity index (χ3n) is 3.89. The van der Waals surface area contributed by atoms with Crippen LogP contribution in [0.3, 0.4) is 0 Å². The number of carbonyl (C=O) groups excluding carboxylic acids is 2. The molecule has 0 aromatic heterocycles. The zero-order valence-electron chi connectivity index (χ0n) is 11.5. The molecule has 2 heterocycles. The minimum atomic E-state index is -0.596. The first kappa shape index (κ1) is 14.0. The first-order chi connectivity index (χ1) is 10.2. The van der Waals surface area contributed by atoms with E-state index in [-0.39, 0.29) is 17.5 Å². The molecule has 2 aliphatic rings. The van der Waals surface area contributed by atoms with Crippen LogP contribution in [-0.4, -0.2) is 37.1 Å². The van der Waals surface area contributed by atoms with Crippen molar-refractivity contribution < 1.29 is 18.7 Å². The number of ether oxygens (including phenoxy) is 1. The van der Waals surface area contributed by atoms with Crippen LogP contribution in [0.4, 0.5) is 10.1 Å². The molecule has 0 radical (unpaired) electrons. The Hall–Kier alpha value is -1.95. The summed E-state index contributed by atoms with van der Waals surface area (Å²) >= 11 is 0. The summed E-state index contributed by atoms with van der Waals surface area (Å²) in [5, 5.41) is 2.71. The monoisotopic (exact) mass is 292 g/mol. The van der Waals surface area contributed by atoms with E-state index >= 15 is 0 Å². The van der Waals surface area contributed by atoms with Gasteiger partial charge in [0.2, 0.25) is 11.8 Å². The van der Waals surface area contributed by atoms with Gasteiger partial charge in [0.05, 0.1) is 5.69 Å². The fourth-order valence-corrected chi connectivity index (χ4v) is 2.77. The van der Waals surface area contributed by atoms with Gasteiger partial charge in [-0.25, -0.2) is 4.39 Å². The Balaban J connectivity index is 1.66. The number of carbonyl (C=O) groups is 2. The van der Waals surface area contributed by atoms with Crippen LogP contribution in [0.5, 0.6) is 0 Å². The van der Waals surface area contributed by atoms with E-state index in [1.165, 1.54) is 11.0 Å². The van der Waals surface area contributed by atoms with Crippen molar-refractivity contribution in [2.45, 2.75) is 31.4 Å². The molecule has 3 rings (SSSR count). The Morgan fingerprint density at radius 1 is 1.33 bits per heavy atom. The molecule has 2 amide bonds. The van der Waals surface area contributed by atoms with Crippen LogP contribution in [0.25, 0.3) is 0 Å². The van der Waals surface area contributed by atoms with Crippen molar-refractivity contribution in [2.24, 2.45) is 0 Å². The molecule has 2 aliphatic heterocycles. The van der Waals surface area contributed by atoms with Gasteiger partial charge in [-0.2, -0.15) is 0 Å². The lowest BCUT2D eigenvalue weighted by molar-refractivity contribution is -0.133. The van der Waals surface area contributed by atoms with Gasteiger partial charge in [0, 0.05) is 13.2 Å². The predicted molar refractivity (Wildman–Crippen MR) is 74.3 cm³/mol. The zero-order valence-corrected chi connectivity index (χ0v) is 11.5. The smallest absolute Gasteiger partial charge is 0.249 e. The SMILES string of the molecule is O=C(NC1CCN(c2ccccc2F)C1=O)C1CCCO1. The lowest BCUT2D eigenvalue weighted by atomic mass is 10.2. The van der Waals surface area contributed by atoms with Gasteiger partial charge in [0.15, 0.2) is 0 Å². The molecule has 2 atom stereocenters. The number of anilines is 1. The topological polar surface area (TPSA) is 58.6 Å². The van der Waals surface area contributed by atoms with Crippen molar-refractivity contribution in [2.75, 3.05) is 18.1 Å². The van der Waals surface area contributed by atoms with E-state index in [9.17, 15) is 14.0 Å². The second-order valence-electron chi connectivity index (χ2n) is 5.29. The van der Waals surface area contributed by atoms with Crippen LogP contribution in [0.2, 0.25) is 0 Å². The molecule has 1 aromatic rings. The number of rotatable bonds is 3. The summed E-state index contributed by atoms with van der Waals surface area (Å²) in [6.07, 6.45) is 1.56. The van der Waals surface area contributed by atoms with E-state index in [1.807, 2.05) is 0 Å². The Kier molecular flexibility index (Phi) is 3.88. The van der Waals surface area contributed by atoms with E-state index in [0.717, 1.165) is 6.42 Å². The molecule has 112 valence electrons. The number of halogens is 1. The second-order valence-corrected chi connectivity index (χ2v) is 5.29. The van der Waals surface area contributed by atoms with Gasteiger partial charge in [0.1, 0.15) is 18.0 Å². The van der Waals surface area contributed by atoms with Gasteiger partial charge < -0.3 is 15.0 Å². The molecule has 6 heteroatoms. The molecule has 5 nitrogen and oxygen atoms in total. The Bertz CT molecular complexity index is 558. The summed E-state index contributed by atoms with van der Waals surface area (Å²) in [4.78, 5) is 25.7. The van der Waals surface area contributed by atoms with E-state index in [1.54, 1.807) is 18.2 Å². The summed E-state index contributed by atoms with van der Waals surface area (Å²) in [5.41, 5.74) is 0.261. The number of amides is 2. The van der Waals surface area contributed by atoms with Gasteiger partial charge in [0.25, 0.3) is 0 Å². The van der Waals surface area contributed by atoms with Crippen molar-refractivity contribution in [3.8, 4) is 0 Å². The maximum absolute atomic E-state index is 13.7. The van der Waals surface area contributed by atoms with E-state index < -0.39 is 18.0 Å². The quantitative estimate of drug-likeness (QED) is 0.911. The summed E-state index contributed by atoms with van der Waals surface area (Å²) in [6, 6.07) is 5.56. The highest BCUT2D eigenvalue weighted by molar-refractivity contribution is 6.01. The molecule has 0 saturated carbocycles. The van der Waals surface area contributed by atoms with Crippen LogP contribution in [0.1, 0.15) is 19.3 Å². The van der Waals surface area contributed by atoms with E-state index in [2.05, 4.69) is 5.32 Å². The molecular weight excluding hydrogens is 275 g/mol. The van der Waals surface area contributed by atoms with Crippen LogP contribution in [0.15, 0.2) is 24.3 Å². The number of nitrogens with one attached hydrogen (secondary N) is 1. The molecule has 1 aromatic carbocycles. The highest BCUT2D eigenvalue weighted by atomic mass is 19.1. The van der Waals surface area contributed by atoms with Crippen LogP contribution < -0.4 is 10.2 Å². The van der Waals surface area contributed by atoms with Crippen molar-refractivity contribution in [1.82, 2.24) is 5.32 Å². The normalized spacial score (nSPS) is 25.4. The zero-order chi connectivity index (χ0) is 14.8. The fourth-order valence-electron chi connectivity index (χ4n) is 2.77. The maximum atomic E-state index is 13.7. The molecule has 0 aliphatic carbocycles. The van der Waals surface area contributed by atoms with E-state index in [4.69, 9.17) is 4.74 Å². The Morgan fingerprint density at radius 2 is 2.14 bits per heavy atom. The summed E-state index contributed by atoms with van der Waals surface area (Å²) in [5.74, 6) is -0.954. The second kappa shape index (κ2) is 5.81. The molecule has 0 spiro atoms. The standard InChI is InChI=1S/C15H17FN2O3/c16-10-4-1-2-5-12(10)18-8-7-11(15(18)20)17-14(19)13-6-3-9-21-13/h1-2,4-5,11,13H,3,6-9H2,(H,17,19). The van der Waals surface area contributed by atoms with Crippen molar-refractivity contribution in [1.29, 1.82) is 0 Å². The average Bonchev–Trinajstić information content (AvgIpc) is 3.11. The molecule has 2 unspecified atom stereocenters.